The molecule has 0 bridgehead atoms. The number of hydrogen-bond acceptors (Lipinski definition) is 22. The zero-order valence-electron chi connectivity index (χ0n) is 66.0. The predicted octanol–water partition coefficient (Wildman–Crippen LogP) is 22.1. The Bertz CT molecular complexity index is 1620. The van der Waals surface area contributed by atoms with Crippen LogP contribution in [0.4, 0.5) is 0 Å². The van der Waals surface area contributed by atoms with Gasteiger partial charge in [0.25, 0.3) is 0 Å². The van der Waals surface area contributed by atoms with E-state index in [0.717, 1.165) is 128 Å². The molecule has 0 rings (SSSR count). The molecule has 0 aliphatic heterocycles. The van der Waals surface area contributed by atoms with Crippen molar-refractivity contribution in [2.45, 2.75) is 398 Å². The van der Waals surface area contributed by atoms with Gasteiger partial charge in [-0.2, -0.15) is 50.5 Å². The van der Waals surface area contributed by atoms with Crippen LogP contribution in [0.3, 0.4) is 0 Å². The molecule has 0 N–H and O–H groups in total. The number of unbranched alkanes of at least 4 members (excludes halogenated alkanes) is 32. The molecule has 16 nitrogen and oxygen atoms in total. The standard InChI is InChI=1S/4C19H36O4S.2CH3.S2.2Sn/c4*1-3-5-7-9-11-13-18(20)22-15-17(16-24)23-19(21)14-12-10-8-6-4-2;;;1-2;;/h4*17,24H,3-16H2,1-2H3;2*1H3;;;/q;;;;;;-2;2*+1. The van der Waals surface area contributed by atoms with Gasteiger partial charge in [-0.1, -0.05) is 261 Å². The molecule has 0 saturated heterocycles. The molecule has 0 spiro atoms. The second-order valence-electron chi connectivity index (χ2n) is 25.8. The molecule has 4 unspecified atom stereocenters. The van der Waals surface area contributed by atoms with Crippen LogP contribution in [0.25, 0.3) is 0 Å². The van der Waals surface area contributed by atoms with Gasteiger partial charge in [0.1, 0.15) is 50.8 Å². The normalized spacial score (nSPS) is 11.8. The van der Waals surface area contributed by atoms with Gasteiger partial charge in [0, 0.05) is 74.4 Å². The van der Waals surface area contributed by atoms with Crippen LogP contribution in [0, 0.1) is 0 Å². The molecule has 4 radical (unpaired) electrons. The fourth-order valence-corrected chi connectivity index (χ4v) is 44.0. The number of thiol groups is 4. The topological polar surface area (TPSA) is 210 Å². The van der Waals surface area contributed by atoms with Gasteiger partial charge in [-0.3, -0.25) is 38.4 Å². The molecule has 0 aromatic heterocycles. The fraction of sp³-hybridized carbons (Fsp3) is 0.897. The summed E-state index contributed by atoms with van der Waals surface area (Å²) in [5, 5.41) is 0. The van der Waals surface area contributed by atoms with Crippen molar-refractivity contribution in [3.05, 3.63) is 0 Å². The summed E-state index contributed by atoms with van der Waals surface area (Å²) in [5.74, 6) is -0.275. The molecule has 0 saturated carbocycles. The van der Waals surface area contributed by atoms with E-state index in [1.807, 2.05) is 0 Å². The van der Waals surface area contributed by atoms with E-state index in [-0.39, 0.29) is 114 Å². The molecule has 0 aromatic rings. The van der Waals surface area contributed by atoms with Gasteiger partial charge in [-0.25, -0.2) is 0 Å². The first kappa shape index (κ1) is 110. The Kier molecular flexibility index (Phi) is 100. The molecular formula is C78H150O16S6Sn2. The number of carbonyl (C=O) groups is 8. The zero-order valence-corrected chi connectivity index (χ0v) is 77.0. The summed E-state index contributed by atoms with van der Waals surface area (Å²) in [5.41, 5.74) is 0. The number of hydrogen-bond donors (Lipinski definition) is 4. The minimum atomic E-state index is -0.444. The third kappa shape index (κ3) is 91.8. The van der Waals surface area contributed by atoms with Crippen molar-refractivity contribution in [1.29, 1.82) is 0 Å². The Balaban J connectivity index is -0.000000398. The van der Waals surface area contributed by atoms with Gasteiger partial charge in [-0.15, -0.1) is 0 Å². The molecule has 0 aliphatic carbocycles. The second kappa shape index (κ2) is 92.8. The van der Waals surface area contributed by atoms with Crippen molar-refractivity contribution >= 4 is 154 Å². The Hall–Kier alpha value is -0.543. The first-order chi connectivity index (χ1) is 49.4. The fourth-order valence-electron chi connectivity index (χ4n) is 9.57. The van der Waals surface area contributed by atoms with Gasteiger partial charge in [0.05, 0.1) is 0 Å². The Labute approximate surface area is 671 Å². The molecule has 0 aromatic carbocycles. The number of carbonyl (C=O) groups excluding carboxylic acids is 8. The maximum atomic E-state index is 11.8. The van der Waals surface area contributed by atoms with Crippen molar-refractivity contribution in [3.63, 3.8) is 0 Å². The first-order valence-corrected chi connectivity index (χ1v) is 57.3. The summed E-state index contributed by atoms with van der Waals surface area (Å²) in [7, 11) is 4.34. The van der Waals surface area contributed by atoms with Crippen molar-refractivity contribution in [1.82, 2.24) is 0 Å². The summed E-state index contributed by atoms with van der Waals surface area (Å²) < 4.78 is 42.1. The van der Waals surface area contributed by atoms with Crippen LogP contribution in [0.5, 0.6) is 0 Å². The third-order valence-corrected chi connectivity index (χ3v) is 44.2. The zero-order chi connectivity index (χ0) is 77.0. The second-order valence-corrected chi connectivity index (χ2v) is 45.0. The molecule has 0 aliphatic rings. The molecular weight excluding hydrogens is 1620 g/mol. The van der Waals surface area contributed by atoms with E-state index < -0.39 is 24.4 Å². The van der Waals surface area contributed by atoms with Gasteiger partial charge < -0.3 is 37.9 Å². The summed E-state index contributed by atoms with van der Waals surface area (Å²) in [4.78, 5) is 98.5. The Morgan fingerprint density at radius 1 is 0.235 bits per heavy atom. The van der Waals surface area contributed by atoms with E-state index in [1.165, 1.54) is 128 Å². The monoisotopic (exact) mass is 1770 g/mol. The summed E-state index contributed by atoms with van der Waals surface area (Å²) in [6, 6.07) is 0. The van der Waals surface area contributed by atoms with E-state index in [4.69, 9.17) is 37.9 Å². The molecule has 0 heterocycles. The van der Waals surface area contributed by atoms with E-state index in [0.29, 0.717) is 74.4 Å². The van der Waals surface area contributed by atoms with Crippen LogP contribution in [0.2, 0.25) is 9.88 Å². The van der Waals surface area contributed by atoms with Gasteiger partial charge in [-0.05, 0) is 51.4 Å². The number of esters is 8. The average Bonchev–Trinajstić information content (AvgIpc) is 1.10. The van der Waals surface area contributed by atoms with E-state index in [1.54, 1.807) is 0 Å². The summed E-state index contributed by atoms with van der Waals surface area (Å²) >= 11 is 16.9. The average molecular weight is 1770 g/mol. The van der Waals surface area contributed by atoms with E-state index in [2.05, 4.69) is 132 Å². The summed E-state index contributed by atoms with van der Waals surface area (Å²) in [6.07, 6.45) is 45.6. The predicted molar refractivity (Wildman–Crippen MR) is 444 cm³/mol. The van der Waals surface area contributed by atoms with Crippen LogP contribution in [-0.4, -0.2) is 161 Å². The van der Waals surface area contributed by atoms with Gasteiger partial charge in [0.2, 0.25) is 0 Å². The van der Waals surface area contributed by atoms with Crippen molar-refractivity contribution in [2.24, 2.45) is 0 Å². The Morgan fingerprint density at radius 3 is 0.500 bits per heavy atom. The van der Waals surface area contributed by atoms with Crippen molar-refractivity contribution in [3.8, 4) is 0 Å². The Morgan fingerprint density at radius 2 is 0.373 bits per heavy atom. The quantitative estimate of drug-likeness (QED) is 0.0111. The van der Waals surface area contributed by atoms with Gasteiger partial charge in [0.15, 0.2) is 0 Å². The van der Waals surface area contributed by atoms with Crippen LogP contribution in [0.15, 0.2) is 0 Å². The summed E-state index contributed by atoms with van der Waals surface area (Å²) in [6.45, 7) is 17.8. The SMILES string of the molecule is CCCCCCCC(=O)OCC(CS)OC(=O)CCCCCCC.CCCCCCCC(=O)OCC(CS)OC(=O)CCCCCCC.CCCCCCCC(=O)OCC(CS)OC(=O)CCCCCCC.CCCCCCCC(=O)OCC(CS)OC(=O)CCCCCCC.[CH3][Sn][S][S][Sn][CH3]. The molecule has 4 atom stereocenters. The first-order valence-electron chi connectivity index (χ1n) is 40.0. The van der Waals surface area contributed by atoms with Crippen molar-refractivity contribution < 1.29 is 76.3 Å². The molecule has 602 valence electrons. The van der Waals surface area contributed by atoms with Crippen LogP contribution in [-0.2, 0) is 76.3 Å². The van der Waals surface area contributed by atoms with Crippen LogP contribution in [0.1, 0.15) is 364 Å². The molecule has 0 amide bonds. The maximum absolute atomic E-state index is 11.8. The molecule has 24 heteroatoms. The van der Waals surface area contributed by atoms with Crippen molar-refractivity contribution in [2.75, 3.05) is 49.4 Å². The van der Waals surface area contributed by atoms with Crippen LogP contribution < -0.4 is 0 Å². The van der Waals surface area contributed by atoms with Gasteiger partial charge >= 0.3 is 113 Å². The number of rotatable bonds is 67. The number of ether oxygens (including phenoxy) is 8. The van der Waals surface area contributed by atoms with Crippen LogP contribution >= 0.6 is 66.5 Å². The van der Waals surface area contributed by atoms with E-state index >= 15 is 0 Å². The molecule has 102 heavy (non-hydrogen) atoms. The third-order valence-electron chi connectivity index (χ3n) is 15.8. The molecule has 0 fully saturated rings. The minimum absolute atomic E-state index is 0.110. The van der Waals surface area contributed by atoms with E-state index in [9.17, 15) is 38.4 Å².